The second-order valence-corrected chi connectivity index (χ2v) is 9.11. The summed E-state index contributed by atoms with van der Waals surface area (Å²) in [5.74, 6) is 0.943. The van der Waals surface area contributed by atoms with Crippen LogP contribution in [-0.4, -0.2) is 48.2 Å². The highest BCUT2D eigenvalue weighted by molar-refractivity contribution is 6.35. The second-order valence-electron chi connectivity index (χ2n) is 8.34. The minimum absolute atomic E-state index is 0.123. The minimum Gasteiger partial charge on any atom is -0.340 e. The van der Waals surface area contributed by atoms with E-state index in [1.165, 1.54) is 12.8 Å². The molecule has 3 aromatic heterocycles. The van der Waals surface area contributed by atoms with Crippen LogP contribution < -0.4 is 5.32 Å². The van der Waals surface area contributed by atoms with Gasteiger partial charge in [-0.3, -0.25) is 9.48 Å². The van der Waals surface area contributed by atoms with Crippen LogP contribution in [0.2, 0.25) is 10.2 Å². The molecule has 2 aliphatic rings. The van der Waals surface area contributed by atoms with Crippen LogP contribution in [0.5, 0.6) is 0 Å². The lowest BCUT2D eigenvalue weighted by Crippen LogP contribution is -2.33. The Hall–Kier alpha value is -2.32. The molecule has 2 fully saturated rings. The van der Waals surface area contributed by atoms with E-state index in [0.29, 0.717) is 34.3 Å². The molecule has 4 heterocycles. The Morgan fingerprint density at radius 3 is 2.81 bits per heavy atom. The van der Waals surface area contributed by atoms with E-state index in [0.717, 1.165) is 43.4 Å². The van der Waals surface area contributed by atoms with E-state index in [2.05, 4.69) is 20.4 Å². The lowest BCUT2D eigenvalue weighted by atomic mass is 10.1. The van der Waals surface area contributed by atoms with Crippen LogP contribution in [0.4, 0.5) is 11.6 Å². The van der Waals surface area contributed by atoms with Gasteiger partial charge in [-0.1, -0.05) is 36.0 Å². The van der Waals surface area contributed by atoms with Crippen LogP contribution in [0.15, 0.2) is 18.6 Å². The zero-order chi connectivity index (χ0) is 21.5. The van der Waals surface area contributed by atoms with Crippen molar-refractivity contribution in [3.8, 4) is 0 Å². The molecule has 5 rings (SSSR count). The van der Waals surface area contributed by atoms with Gasteiger partial charge in [0.15, 0.2) is 5.15 Å². The maximum Gasteiger partial charge on any atom is 0.229 e. The summed E-state index contributed by atoms with van der Waals surface area (Å²) < 4.78 is 3.83. The quantitative estimate of drug-likeness (QED) is 0.597. The van der Waals surface area contributed by atoms with Gasteiger partial charge in [-0.15, -0.1) is 0 Å². The van der Waals surface area contributed by atoms with Gasteiger partial charge in [-0.25, -0.2) is 4.98 Å². The molecular formula is C21H25Cl2N7O. The zero-order valence-electron chi connectivity index (χ0n) is 17.4. The van der Waals surface area contributed by atoms with Crippen molar-refractivity contribution in [3.05, 3.63) is 28.8 Å². The third kappa shape index (κ3) is 3.87. The number of aromatic nitrogens is 5. The molecule has 1 aliphatic carbocycles. The first-order valence-electron chi connectivity index (χ1n) is 10.9. The zero-order valence-corrected chi connectivity index (χ0v) is 18.9. The first kappa shape index (κ1) is 20.6. The number of rotatable bonds is 5. The molecule has 1 amide bonds. The third-order valence-electron chi connectivity index (χ3n) is 6.39. The molecular weight excluding hydrogens is 437 g/mol. The number of aryl methyl sites for hydroxylation is 1. The van der Waals surface area contributed by atoms with Gasteiger partial charge in [0.1, 0.15) is 5.65 Å². The summed E-state index contributed by atoms with van der Waals surface area (Å²) in [6, 6.07) is 0.123. The van der Waals surface area contributed by atoms with Crippen LogP contribution in [0.1, 0.15) is 45.1 Å². The van der Waals surface area contributed by atoms with Crippen LogP contribution in [-0.2, 0) is 11.3 Å². The van der Waals surface area contributed by atoms with Gasteiger partial charge in [0, 0.05) is 37.9 Å². The van der Waals surface area contributed by atoms with Crippen LogP contribution in [0, 0.1) is 5.92 Å². The highest BCUT2D eigenvalue weighted by Gasteiger charge is 2.33. The van der Waals surface area contributed by atoms with Gasteiger partial charge >= 0.3 is 0 Å². The fourth-order valence-electron chi connectivity index (χ4n) is 4.68. The molecule has 1 atom stereocenters. The minimum atomic E-state index is 0.123. The van der Waals surface area contributed by atoms with E-state index in [1.54, 1.807) is 6.20 Å². The van der Waals surface area contributed by atoms with E-state index < -0.39 is 0 Å². The Bertz CT molecular complexity index is 1120. The molecule has 0 aromatic carbocycles. The van der Waals surface area contributed by atoms with Gasteiger partial charge in [0.2, 0.25) is 11.9 Å². The van der Waals surface area contributed by atoms with Crippen LogP contribution >= 0.6 is 23.2 Å². The molecule has 3 aromatic rings. The summed E-state index contributed by atoms with van der Waals surface area (Å²) in [5, 5.41) is 9.45. The molecule has 0 bridgehead atoms. The summed E-state index contributed by atoms with van der Waals surface area (Å²) in [6.45, 7) is 4.25. The molecule has 31 heavy (non-hydrogen) atoms. The standard InChI is InChI=1S/C21H25Cl2N7O/c1-2-28-11-16(22)15-9-24-21(26-19(15)28)25-17-12-30(27-18(17)23)14-7-8-29(10-14)20(31)13-5-3-4-6-13/h9,11-14H,2-8,10H2,1H3,(H,24,25,26). The van der Waals surface area contributed by atoms with Crippen molar-refractivity contribution in [3.63, 3.8) is 0 Å². The first-order chi connectivity index (χ1) is 15.0. The summed E-state index contributed by atoms with van der Waals surface area (Å²) in [4.78, 5) is 23.7. The number of likely N-dealkylation sites (tertiary alicyclic amines) is 1. The fraction of sp³-hybridized carbons (Fsp3) is 0.524. The van der Waals surface area contributed by atoms with Crippen molar-refractivity contribution >= 4 is 51.8 Å². The lowest BCUT2D eigenvalue weighted by molar-refractivity contribution is -0.134. The van der Waals surface area contributed by atoms with Crippen molar-refractivity contribution in [2.45, 2.75) is 51.6 Å². The number of hydrogen-bond acceptors (Lipinski definition) is 5. The number of anilines is 2. The fourth-order valence-corrected chi connectivity index (χ4v) is 5.11. The van der Waals surface area contributed by atoms with Crippen molar-refractivity contribution in [1.29, 1.82) is 0 Å². The Balaban J connectivity index is 1.31. The van der Waals surface area contributed by atoms with Crippen molar-refractivity contribution in [2.75, 3.05) is 18.4 Å². The number of nitrogens with zero attached hydrogens (tertiary/aromatic N) is 6. The van der Waals surface area contributed by atoms with E-state index in [1.807, 2.05) is 33.5 Å². The average molecular weight is 462 g/mol. The van der Waals surface area contributed by atoms with E-state index in [-0.39, 0.29) is 12.0 Å². The van der Waals surface area contributed by atoms with Gasteiger partial charge < -0.3 is 14.8 Å². The number of carbonyl (C=O) groups is 1. The summed E-state index contributed by atoms with van der Waals surface area (Å²) >= 11 is 12.7. The molecule has 1 aliphatic heterocycles. The number of fused-ring (bicyclic) bond motifs is 1. The second kappa shape index (κ2) is 8.31. The Morgan fingerprint density at radius 1 is 1.23 bits per heavy atom. The molecule has 1 unspecified atom stereocenters. The Labute approximate surface area is 190 Å². The van der Waals surface area contributed by atoms with E-state index in [9.17, 15) is 4.79 Å². The third-order valence-corrected chi connectivity index (χ3v) is 6.98. The predicted molar refractivity (Wildman–Crippen MR) is 121 cm³/mol. The van der Waals surface area contributed by atoms with Crippen LogP contribution in [0.25, 0.3) is 11.0 Å². The summed E-state index contributed by atoms with van der Waals surface area (Å²) in [6.07, 6.45) is 10.7. The molecule has 1 saturated heterocycles. The Morgan fingerprint density at radius 2 is 2.03 bits per heavy atom. The van der Waals surface area contributed by atoms with E-state index in [4.69, 9.17) is 23.2 Å². The van der Waals surface area contributed by atoms with Crippen LogP contribution in [0.3, 0.4) is 0 Å². The summed E-state index contributed by atoms with van der Waals surface area (Å²) in [7, 11) is 0. The van der Waals surface area contributed by atoms with Gasteiger partial charge in [0.05, 0.1) is 28.3 Å². The van der Waals surface area contributed by atoms with Gasteiger partial charge in [-0.2, -0.15) is 10.1 Å². The molecule has 1 saturated carbocycles. The van der Waals surface area contributed by atoms with Crippen molar-refractivity contribution in [1.82, 2.24) is 29.2 Å². The smallest absolute Gasteiger partial charge is 0.229 e. The Kier molecular flexibility index (Phi) is 5.52. The molecule has 0 radical (unpaired) electrons. The number of halogens is 2. The van der Waals surface area contributed by atoms with Crippen molar-refractivity contribution < 1.29 is 4.79 Å². The maximum absolute atomic E-state index is 12.7. The molecule has 164 valence electrons. The monoisotopic (exact) mass is 461 g/mol. The number of amides is 1. The average Bonchev–Trinajstić information content (AvgIpc) is 3.55. The highest BCUT2D eigenvalue weighted by Crippen LogP contribution is 2.32. The SMILES string of the molecule is CCn1cc(Cl)c2cnc(Nc3cn(C4CCN(C(=O)C5CCCC5)C4)nc3Cl)nc21. The van der Waals surface area contributed by atoms with Crippen molar-refractivity contribution in [2.24, 2.45) is 5.92 Å². The predicted octanol–water partition coefficient (Wildman–Crippen LogP) is 4.66. The molecule has 8 nitrogen and oxygen atoms in total. The first-order valence-corrected chi connectivity index (χ1v) is 11.6. The molecule has 0 spiro atoms. The van der Waals surface area contributed by atoms with Gasteiger partial charge in [-0.05, 0) is 26.2 Å². The highest BCUT2D eigenvalue weighted by atomic mass is 35.5. The normalized spacial score (nSPS) is 19.6. The summed E-state index contributed by atoms with van der Waals surface area (Å²) in [5.41, 5.74) is 1.41. The lowest BCUT2D eigenvalue weighted by Gasteiger charge is -2.20. The number of carbonyl (C=O) groups excluding carboxylic acids is 1. The maximum atomic E-state index is 12.7. The molecule has 1 N–H and O–H groups in total. The largest absolute Gasteiger partial charge is 0.340 e. The number of nitrogens with one attached hydrogen (secondary N) is 1. The topological polar surface area (TPSA) is 80.9 Å². The van der Waals surface area contributed by atoms with Gasteiger partial charge in [0.25, 0.3) is 0 Å². The number of hydrogen-bond donors (Lipinski definition) is 1. The molecule has 10 heteroatoms. The van der Waals surface area contributed by atoms with E-state index >= 15 is 0 Å².